The molecular formula is C19H21N5O3S. The molecule has 1 aromatic carbocycles. The molecule has 1 aliphatic rings. The maximum Gasteiger partial charge on any atom is 0.262 e. The normalized spacial score (nSPS) is 14.5. The molecule has 9 heteroatoms. The smallest absolute Gasteiger partial charge is 0.262 e. The number of nitrogens with zero attached hydrogens (tertiary/aromatic N) is 5. The lowest BCUT2D eigenvalue weighted by molar-refractivity contribution is -0.140. The van der Waals surface area contributed by atoms with Gasteiger partial charge < -0.3 is 0 Å². The predicted molar refractivity (Wildman–Crippen MR) is 106 cm³/mol. The van der Waals surface area contributed by atoms with Gasteiger partial charge in [0, 0.05) is 19.5 Å². The fourth-order valence-electron chi connectivity index (χ4n) is 3.46. The van der Waals surface area contributed by atoms with E-state index in [1.807, 2.05) is 22.6 Å². The van der Waals surface area contributed by atoms with Gasteiger partial charge in [-0.25, -0.2) is 0 Å². The van der Waals surface area contributed by atoms with Crippen LogP contribution in [0, 0.1) is 0 Å². The van der Waals surface area contributed by atoms with Gasteiger partial charge in [0.2, 0.25) is 17.6 Å². The van der Waals surface area contributed by atoms with Gasteiger partial charge in [-0.3, -0.25) is 28.3 Å². The summed E-state index contributed by atoms with van der Waals surface area (Å²) in [6, 6.07) is 7.34. The number of aromatic nitrogens is 4. The minimum atomic E-state index is -0.215. The highest BCUT2D eigenvalue weighted by atomic mass is 32.2. The molecule has 4 rings (SSSR count). The average Bonchev–Trinajstić information content (AvgIpc) is 3.32. The number of amides is 2. The summed E-state index contributed by atoms with van der Waals surface area (Å²) in [7, 11) is 0. The van der Waals surface area contributed by atoms with E-state index in [-0.39, 0.29) is 23.1 Å². The molecule has 2 amide bonds. The van der Waals surface area contributed by atoms with Crippen LogP contribution in [0.15, 0.2) is 34.2 Å². The summed E-state index contributed by atoms with van der Waals surface area (Å²) in [5, 5.41) is 9.60. The molecule has 28 heavy (non-hydrogen) atoms. The summed E-state index contributed by atoms with van der Waals surface area (Å²) >= 11 is 1.24. The molecule has 1 aliphatic heterocycles. The number of carbonyl (C=O) groups is 2. The molecule has 2 aromatic heterocycles. The molecule has 0 N–H and O–H groups in total. The third-order valence-electron chi connectivity index (χ3n) is 4.91. The summed E-state index contributed by atoms with van der Waals surface area (Å²) in [5.74, 6) is 0.252. The Labute approximate surface area is 165 Å². The third-order valence-corrected chi connectivity index (χ3v) is 5.83. The lowest BCUT2D eigenvalue weighted by Gasteiger charge is -2.13. The second kappa shape index (κ2) is 7.75. The Morgan fingerprint density at radius 3 is 2.79 bits per heavy atom. The van der Waals surface area contributed by atoms with Crippen LogP contribution in [-0.2, 0) is 16.1 Å². The molecule has 0 aliphatic carbocycles. The number of hydrogen-bond acceptors (Lipinski definition) is 6. The van der Waals surface area contributed by atoms with E-state index in [2.05, 4.69) is 17.1 Å². The summed E-state index contributed by atoms with van der Waals surface area (Å²) in [4.78, 5) is 38.4. The van der Waals surface area contributed by atoms with Gasteiger partial charge in [0.15, 0.2) is 5.16 Å². The number of fused-ring (bicyclic) bond motifs is 3. The molecule has 0 saturated carbocycles. The predicted octanol–water partition coefficient (Wildman–Crippen LogP) is 2.09. The first-order chi connectivity index (χ1) is 13.6. The van der Waals surface area contributed by atoms with Crippen molar-refractivity contribution in [2.75, 3.05) is 12.3 Å². The van der Waals surface area contributed by atoms with Gasteiger partial charge in [0.25, 0.3) is 5.56 Å². The molecule has 3 aromatic rings. The first kappa shape index (κ1) is 18.7. The Morgan fingerprint density at radius 2 is 2.04 bits per heavy atom. The molecule has 0 bridgehead atoms. The summed E-state index contributed by atoms with van der Waals surface area (Å²) in [5.41, 5.74) is 0.631. The van der Waals surface area contributed by atoms with Gasteiger partial charge >= 0.3 is 0 Å². The molecule has 146 valence electrons. The zero-order valence-electron chi connectivity index (χ0n) is 15.6. The van der Waals surface area contributed by atoms with Crippen LogP contribution in [0.2, 0.25) is 0 Å². The second-order valence-electron chi connectivity index (χ2n) is 6.78. The van der Waals surface area contributed by atoms with Crippen molar-refractivity contribution in [2.45, 2.75) is 44.3 Å². The third kappa shape index (κ3) is 3.19. The number of thioether (sulfide) groups is 1. The SMILES string of the molecule is CCCCn1c(=O)c2ccccc2n2c(SCC(=O)N3CCCC3=O)nnc12. The van der Waals surface area contributed by atoms with E-state index >= 15 is 0 Å². The number of benzene rings is 1. The topological polar surface area (TPSA) is 89.6 Å². The molecular weight excluding hydrogens is 378 g/mol. The molecule has 0 unspecified atom stereocenters. The number of unbranched alkanes of at least 4 members (excludes halogenated alkanes) is 1. The lowest BCUT2D eigenvalue weighted by Crippen LogP contribution is -2.33. The molecule has 8 nitrogen and oxygen atoms in total. The molecule has 0 radical (unpaired) electrons. The van der Waals surface area contributed by atoms with E-state index in [1.165, 1.54) is 16.7 Å². The highest BCUT2D eigenvalue weighted by Crippen LogP contribution is 2.23. The van der Waals surface area contributed by atoms with Gasteiger partial charge in [-0.15, -0.1) is 10.2 Å². The van der Waals surface area contributed by atoms with Crippen molar-refractivity contribution in [3.8, 4) is 0 Å². The van der Waals surface area contributed by atoms with Crippen molar-refractivity contribution in [1.29, 1.82) is 0 Å². The van der Waals surface area contributed by atoms with Crippen LogP contribution in [0.25, 0.3) is 16.7 Å². The van der Waals surface area contributed by atoms with E-state index in [0.717, 1.165) is 19.3 Å². The van der Waals surface area contributed by atoms with Gasteiger partial charge in [-0.1, -0.05) is 37.2 Å². The number of para-hydroxylation sites is 1. The Kier molecular flexibility index (Phi) is 5.17. The van der Waals surface area contributed by atoms with Gasteiger partial charge in [-0.05, 0) is 25.0 Å². The minimum absolute atomic E-state index is 0.0840. The number of aryl methyl sites for hydroxylation is 1. The number of rotatable bonds is 6. The number of imide groups is 1. The van der Waals surface area contributed by atoms with Crippen LogP contribution in [0.4, 0.5) is 0 Å². The van der Waals surface area contributed by atoms with Crippen molar-refractivity contribution in [3.63, 3.8) is 0 Å². The first-order valence-electron chi connectivity index (χ1n) is 9.44. The van der Waals surface area contributed by atoms with Crippen LogP contribution in [0.5, 0.6) is 0 Å². The summed E-state index contributed by atoms with van der Waals surface area (Å²) < 4.78 is 3.48. The van der Waals surface area contributed by atoms with Crippen molar-refractivity contribution in [1.82, 2.24) is 24.1 Å². The highest BCUT2D eigenvalue weighted by Gasteiger charge is 2.27. The highest BCUT2D eigenvalue weighted by molar-refractivity contribution is 7.99. The maximum absolute atomic E-state index is 12.9. The zero-order valence-corrected chi connectivity index (χ0v) is 16.4. The second-order valence-corrected chi connectivity index (χ2v) is 7.72. The number of carbonyl (C=O) groups excluding carboxylic acids is 2. The van der Waals surface area contributed by atoms with Crippen molar-refractivity contribution in [3.05, 3.63) is 34.6 Å². The summed E-state index contributed by atoms with van der Waals surface area (Å²) in [6.07, 6.45) is 2.97. The van der Waals surface area contributed by atoms with E-state index in [0.29, 0.717) is 41.3 Å². The molecule has 0 atom stereocenters. The molecule has 0 spiro atoms. The monoisotopic (exact) mass is 399 g/mol. The Balaban J connectivity index is 1.73. The first-order valence-corrected chi connectivity index (χ1v) is 10.4. The fraction of sp³-hybridized carbons (Fsp3) is 0.421. The number of likely N-dealkylation sites (tertiary alicyclic amines) is 1. The largest absolute Gasteiger partial charge is 0.282 e. The van der Waals surface area contributed by atoms with Crippen LogP contribution >= 0.6 is 11.8 Å². The van der Waals surface area contributed by atoms with Crippen LogP contribution < -0.4 is 5.56 Å². The Morgan fingerprint density at radius 1 is 1.21 bits per heavy atom. The molecule has 3 heterocycles. The average molecular weight is 399 g/mol. The standard InChI is InChI=1S/C19H21N5O3S/c1-2-3-10-23-17(27)13-7-4-5-8-14(13)24-18(23)20-21-19(24)28-12-16(26)22-11-6-9-15(22)25/h4-5,7-8H,2-3,6,9-12H2,1H3. The lowest BCUT2D eigenvalue weighted by atomic mass is 10.2. The van der Waals surface area contributed by atoms with Crippen molar-refractivity contribution >= 4 is 40.3 Å². The Hall–Kier alpha value is -2.68. The van der Waals surface area contributed by atoms with Crippen LogP contribution in [0.3, 0.4) is 0 Å². The zero-order chi connectivity index (χ0) is 19.7. The van der Waals surface area contributed by atoms with Crippen LogP contribution in [0.1, 0.15) is 32.6 Å². The maximum atomic E-state index is 12.9. The Bertz CT molecular complexity index is 1120. The minimum Gasteiger partial charge on any atom is -0.282 e. The van der Waals surface area contributed by atoms with Gasteiger partial charge in [0.05, 0.1) is 16.7 Å². The van der Waals surface area contributed by atoms with Crippen molar-refractivity contribution < 1.29 is 9.59 Å². The quantitative estimate of drug-likeness (QED) is 0.590. The molecule has 1 saturated heterocycles. The number of hydrogen-bond donors (Lipinski definition) is 0. The van der Waals surface area contributed by atoms with Gasteiger partial charge in [-0.2, -0.15) is 0 Å². The summed E-state index contributed by atoms with van der Waals surface area (Å²) in [6.45, 7) is 3.12. The van der Waals surface area contributed by atoms with E-state index in [1.54, 1.807) is 10.6 Å². The van der Waals surface area contributed by atoms with E-state index < -0.39 is 0 Å². The van der Waals surface area contributed by atoms with Gasteiger partial charge in [0.1, 0.15) is 0 Å². The molecule has 1 fully saturated rings. The van der Waals surface area contributed by atoms with Crippen molar-refractivity contribution in [2.24, 2.45) is 0 Å². The fourth-order valence-corrected chi connectivity index (χ4v) is 4.28. The van der Waals surface area contributed by atoms with E-state index in [9.17, 15) is 14.4 Å². The van der Waals surface area contributed by atoms with Crippen LogP contribution in [-0.4, -0.2) is 48.2 Å². The van der Waals surface area contributed by atoms with E-state index in [4.69, 9.17) is 0 Å².